The maximum atomic E-state index is 9.13. The molecule has 5 heteroatoms. The van der Waals surface area contributed by atoms with Crippen molar-refractivity contribution in [3.63, 3.8) is 0 Å². The second-order valence-electron chi connectivity index (χ2n) is 3.03. The Labute approximate surface area is 62.8 Å². The van der Waals surface area contributed by atoms with E-state index in [9.17, 15) is 0 Å². The van der Waals surface area contributed by atoms with Crippen molar-refractivity contribution in [1.29, 1.82) is 0 Å². The molecule has 0 aromatic carbocycles. The maximum Gasteiger partial charge on any atom is 0.115 e. The van der Waals surface area contributed by atoms with Gasteiger partial charge >= 0.3 is 0 Å². The molecule has 11 heavy (non-hydrogen) atoms. The third kappa shape index (κ3) is 0.771. The molecule has 6 atom stereocenters. The monoisotopic (exact) mass is 162 g/mol. The molecule has 2 saturated heterocycles. The summed E-state index contributed by atoms with van der Waals surface area (Å²) in [6, 6.07) is 0. The fourth-order valence-electron chi connectivity index (χ4n) is 1.68. The lowest BCUT2D eigenvalue weighted by Crippen LogP contribution is -2.52. The van der Waals surface area contributed by atoms with Crippen LogP contribution < -0.4 is 0 Å². The van der Waals surface area contributed by atoms with E-state index >= 15 is 0 Å². The van der Waals surface area contributed by atoms with Gasteiger partial charge in [-0.15, -0.1) is 0 Å². The number of aliphatic hydroxyl groups excluding tert-OH is 4. The highest BCUT2D eigenvalue weighted by molar-refractivity contribution is 5.07. The molecule has 2 fully saturated rings. The summed E-state index contributed by atoms with van der Waals surface area (Å²) in [6.45, 7) is 0. The number of aliphatic hydroxyl groups is 4. The van der Waals surface area contributed by atoms with Gasteiger partial charge in [0.2, 0.25) is 0 Å². The molecule has 2 aliphatic heterocycles. The average molecular weight is 162 g/mol. The molecule has 0 radical (unpaired) electrons. The molecule has 0 saturated carbocycles. The largest absolute Gasteiger partial charge is 0.387 e. The molecular formula is C6H10O5. The van der Waals surface area contributed by atoms with Crippen molar-refractivity contribution >= 4 is 0 Å². The predicted octanol–water partition coefficient (Wildman–Crippen LogP) is -2.79. The fourth-order valence-corrected chi connectivity index (χ4v) is 1.68. The molecule has 2 aliphatic rings. The molecule has 2 heterocycles. The van der Waals surface area contributed by atoms with Crippen molar-refractivity contribution in [2.75, 3.05) is 0 Å². The van der Waals surface area contributed by atoms with Crippen LogP contribution in [0.15, 0.2) is 0 Å². The van der Waals surface area contributed by atoms with Crippen LogP contribution in [0.25, 0.3) is 0 Å². The molecule has 5 unspecified atom stereocenters. The summed E-state index contributed by atoms with van der Waals surface area (Å²) >= 11 is 0. The Morgan fingerprint density at radius 3 is 1.09 bits per heavy atom. The molecule has 0 aromatic rings. The number of ether oxygens (including phenoxy) is 1. The van der Waals surface area contributed by atoms with Gasteiger partial charge in [-0.2, -0.15) is 0 Å². The van der Waals surface area contributed by atoms with Gasteiger partial charge in [0.15, 0.2) is 0 Å². The first-order valence-electron chi connectivity index (χ1n) is 3.50. The van der Waals surface area contributed by atoms with Gasteiger partial charge in [0.05, 0.1) is 0 Å². The smallest absolute Gasteiger partial charge is 0.115 e. The van der Waals surface area contributed by atoms with Crippen molar-refractivity contribution in [2.45, 2.75) is 36.6 Å². The van der Waals surface area contributed by atoms with E-state index in [1.165, 1.54) is 0 Å². The quantitative estimate of drug-likeness (QED) is 0.309. The van der Waals surface area contributed by atoms with Gasteiger partial charge in [-0.1, -0.05) is 0 Å². The van der Waals surface area contributed by atoms with Crippen LogP contribution in [0, 0.1) is 0 Å². The predicted molar refractivity (Wildman–Crippen MR) is 32.7 cm³/mol. The van der Waals surface area contributed by atoms with Crippen molar-refractivity contribution in [2.24, 2.45) is 0 Å². The van der Waals surface area contributed by atoms with Crippen molar-refractivity contribution < 1.29 is 25.2 Å². The number of hydrogen-bond acceptors (Lipinski definition) is 5. The number of fused-ring (bicyclic) bond motifs is 2. The minimum atomic E-state index is -1.07. The summed E-state index contributed by atoms with van der Waals surface area (Å²) in [6.07, 6.45) is -5.94. The van der Waals surface area contributed by atoms with Crippen molar-refractivity contribution in [1.82, 2.24) is 0 Å². The van der Waals surface area contributed by atoms with Crippen LogP contribution in [0.4, 0.5) is 0 Å². The minimum Gasteiger partial charge on any atom is -0.387 e. The van der Waals surface area contributed by atoms with E-state index in [4.69, 9.17) is 25.2 Å². The van der Waals surface area contributed by atoms with E-state index < -0.39 is 36.6 Å². The SMILES string of the molecule is OC1C(O)C2OC1C(O)[C@@H]2O. The van der Waals surface area contributed by atoms with Gasteiger partial charge in [0.1, 0.15) is 36.6 Å². The van der Waals surface area contributed by atoms with Gasteiger partial charge in [-0.3, -0.25) is 0 Å². The molecule has 4 N–H and O–H groups in total. The van der Waals surface area contributed by atoms with Crippen molar-refractivity contribution in [3.8, 4) is 0 Å². The Morgan fingerprint density at radius 2 is 0.909 bits per heavy atom. The summed E-state index contributed by atoms with van der Waals surface area (Å²) in [4.78, 5) is 0. The summed E-state index contributed by atoms with van der Waals surface area (Å²) in [5.41, 5.74) is 0. The second kappa shape index (κ2) is 2.15. The zero-order valence-corrected chi connectivity index (χ0v) is 5.66. The highest BCUT2D eigenvalue weighted by atomic mass is 16.6. The molecular weight excluding hydrogens is 152 g/mol. The Kier molecular flexibility index (Phi) is 1.45. The summed E-state index contributed by atoms with van der Waals surface area (Å²) in [5, 5.41) is 36.5. The molecule has 2 bridgehead atoms. The van der Waals surface area contributed by atoms with Gasteiger partial charge in [-0.25, -0.2) is 0 Å². The molecule has 64 valence electrons. The first kappa shape index (κ1) is 7.45. The van der Waals surface area contributed by atoms with Crippen LogP contribution in [0.2, 0.25) is 0 Å². The summed E-state index contributed by atoms with van der Waals surface area (Å²) in [7, 11) is 0. The molecule has 2 rings (SSSR count). The summed E-state index contributed by atoms with van der Waals surface area (Å²) < 4.78 is 4.92. The van der Waals surface area contributed by atoms with Crippen LogP contribution in [-0.4, -0.2) is 57.0 Å². The lowest BCUT2D eigenvalue weighted by atomic mass is 9.90. The zero-order chi connectivity index (χ0) is 8.17. The van der Waals surface area contributed by atoms with Gasteiger partial charge in [-0.05, 0) is 0 Å². The molecule has 0 aromatic heterocycles. The van der Waals surface area contributed by atoms with Crippen molar-refractivity contribution in [3.05, 3.63) is 0 Å². The van der Waals surface area contributed by atoms with Crippen LogP contribution in [0.3, 0.4) is 0 Å². The third-order valence-corrected chi connectivity index (χ3v) is 2.36. The zero-order valence-electron chi connectivity index (χ0n) is 5.66. The Hall–Kier alpha value is -0.200. The van der Waals surface area contributed by atoms with Gasteiger partial charge in [0, 0.05) is 0 Å². The molecule has 0 aliphatic carbocycles. The lowest BCUT2D eigenvalue weighted by molar-refractivity contribution is -0.0819. The topological polar surface area (TPSA) is 90.2 Å². The van der Waals surface area contributed by atoms with E-state index in [2.05, 4.69) is 0 Å². The normalized spacial score (nSPS) is 62.2. The standard InChI is InChI=1S/C6H10O5/c7-1-2(8)6-4(10)3(9)5(1)11-6/h1-10H/t1-,2?,3?,4?,5?,6?/m0/s1. The Balaban J connectivity index is 2.21. The highest BCUT2D eigenvalue weighted by Gasteiger charge is 2.58. The molecule has 0 amide bonds. The Bertz CT molecular complexity index is 138. The second-order valence-corrected chi connectivity index (χ2v) is 3.03. The van der Waals surface area contributed by atoms with Crippen LogP contribution >= 0.6 is 0 Å². The van der Waals surface area contributed by atoms with E-state index in [-0.39, 0.29) is 0 Å². The highest BCUT2D eigenvalue weighted by Crippen LogP contribution is 2.35. The van der Waals surface area contributed by atoms with Crippen LogP contribution in [0.5, 0.6) is 0 Å². The van der Waals surface area contributed by atoms with E-state index in [0.717, 1.165) is 0 Å². The van der Waals surface area contributed by atoms with Gasteiger partial charge < -0.3 is 25.2 Å². The number of rotatable bonds is 0. The third-order valence-electron chi connectivity index (χ3n) is 2.36. The van der Waals surface area contributed by atoms with E-state index in [0.29, 0.717) is 0 Å². The van der Waals surface area contributed by atoms with Crippen LogP contribution in [0.1, 0.15) is 0 Å². The van der Waals surface area contributed by atoms with Crippen LogP contribution in [-0.2, 0) is 4.74 Å². The maximum absolute atomic E-state index is 9.13. The summed E-state index contributed by atoms with van der Waals surface area (Å²) in [5.74, 6) is 0. The molecule has 0 spiro atoms. The first-order valence-corrected chi connectivity index (χ1v) is 3.50. The number of hydrogen-bond donors (Lipinski definition) is 4. The first-order chi connectivity index (χ1) is 5.13. The Morgan fingerprint density at radius 1 is 0.636 bits per heavy atom. The molecule has 5 nitrogen and oxygen atoms in total. The van der Waals surface area contributed by atoms with E-state index in [1.54, 1.807) is 0 Å². The van der Waals surface area contributed by atoms with E-state index in [1.807, 2.05) is 0 Å². The average Bonchev–Trinajstić information content (AvgIpc) is 2.40. The minimum absolute atomic E-state index is 0.829. The van der Waals surface area contributed by atoms with Gasteiger partial charge in [0.25, 0.3) is 0 Å². The lowest BCUT2D eigenvalue weighted by Gasteiger charge is -2.26. The fraction of sp³-hybridized carbons (Fsp3) is 1.00.